The van der Waals surface area contributed by atoms with Gasteiger partial charge >= 0.3 is 11.8 Å². The van der Waals surface area contributed by atoms with Crippen molar-refractivity contribution in [3.63, 3.8) is 0 Å². The lowest BCUT2D eigenvalue weighted by atomic mass is 10.3. The van der Waals surface area contributed by atoms with E-state index in [0.29, 0.717) is 11.4 Å². The van der Waals surface area contributed by atoms with E-state index in [1.54, 1.807) is 31.2 Å². The van der Waals surface area contributed by atoms with Crippen LogP contribution in [0.4, 0.5) is 11.5 Å². The third-order valence-electron chi connectivity index (χ3n) is 2.51. The van der Waals surface area contributed by atoms with Crippen LogP contribution in [0.5, 0.6) is 0 Å². The van der Waals surface area contributed by atoms with E-state index in [2.05, 4.69) is 10.5 Å². The van der Waals surface area contributed by atoms with Gasteiger partial charge in [-0.2, -0.15) is 0 Å². The Bertz CT molecular complexity index is 592. The summed E-state index contributed by atoms with van der Waals surface area (Å²) in [6.07, 6.45) is 0. The van der Waals surface area contributed by atoms with Gasteiger partial charge in [0.1, 0.15) is 5.76 Å². The lowest BCUT2D eigenvalue weighted by molar-refractivity contribution is -0.134. The van der Waals surface area contributed by atoms with Crippen LogP contribution in [0.1, 0.15) is 5.76 Å². The van der Waals surface area contributed by atoms with E-state index in [9.17, 15) is 9.59 Å². The predicted molar refractivity (Wildman–Crippen MR) is 69.7 cm³/mol. The lowest BCUT2D eigenvalue weighted by Gasteiger charge is -2.15. The first-order chi connectivity index (χ1) is 9.08. The molecule has 1 N–H and O–H groups in total. The van der Waals surface area contributed by atoms with Crippen LogP contribution in [0.25, 0.3) is 0 Å². The molecule has 19 heavy (non-hydrogen) atoms. The molecule has 0 atom stereocenters. The lowest BCUT2D eigenvalue weighted by Crippen LogP contribution is -2.37. The number of anilines is 2. The summed E-state index contributed by atoms with van der Waals surface area (Å²) in [5.41, 5.74) is 0.638. The van der Waals surface area contributed by atoms with E-state index in [1.165, 1.54) is 18.0 Å². The molecule has 0 unspecified atom stereocenters. The number of likely N-dealkylation sites (N-methyl/N-ethyl adjacent to an activating group) is 1. The molecule has 6 heteroatoms. The van der Waals surface area contributed by atoms with E-state index < -0.39 is 11.8 Å². The van der Waals surface area contributed by atoms with E-state index in [0.717, 1.165) is 0 Å². The van der Waals surface area contributed by atoms with E-state index in [-0.39, 0.29) is 5.82 Å². The second kappa shape index (κ2) is 5.34. The summed E-state index contributed by atoms with van der Waals surface area (Å²) >= 11 is 0. The molecule has 0 aliphatic heterocycles. The van der Waals surface area contributed by atoms with Crippen LogP contribution >= 0.6 is 0 Å². The Kier molecular flexibility index (Phi) is 3.61. The number of rotatable bonds is 2. The highest BCUT2D eigenvalue weighted by molar-refractivity contribution is 6.44. The van der Waals surface area contributed by atoms with Crippen molar-refractivity contribution in [2.75, 3.05) is 17.3 Å². The zero-order valence-corrected chi connectivity index (χ0v) is 10.6. The second-order valence-electron chi connectivity index (χ2n) is 3.98. The van der Waals surface area contributed by atoms with Gasteiger partial charge in [-0.15, -0.1) is 0 Å². The number of nitrogens with zero attached hydrogens (tertiary/aromatic N) is 2. The zero-order chi connectivity index (χ0) is 13.8. The van der Waals surface area contributed by atoms with Crippen molar-refractivity contribution in [1.29, 1.82) is 0 Å². The maximum atomic E-state index is 11.9. The monoisotopic (exact) mass is 259 g/mol. The van der Waals surface area contributed by atoms with Gasteiger partial charge < -0.3 is 9.42 Å². The molecule has 1 aromatic heterocycles. The van der Waals surface area contributed by atoms with Crippen LogP contribution in [0, 0.1) is 6.92 Å². The average Bonchev–Trinajstić information content (AvgIpc) is 2.83. The smallest absolute Gasteiger partial charge is 0.316 e. The Morgan fingerprint density at radius 1 is 1.26 bits per heavy atom. The van der Waals surface area contributed by atoms with Crippen LogP contribution in [-0.2, 0) is 9.59 Å². The first-order valence-corrected chi connectivity index (χ1v) is 5.65. The van der Waals surface area contributed by atoms with Gasteiger partial charge in [-0.25, -0.2) is 0 Å². The summed E-state index contributed by atoms with van der Waals surface area (Å²) in [4.78, 5) is 24.9. The van der Waals surface area contributed by atoms with E-state index in [1.807, 2.05) is 6.07 Å². The number of para-hydroxylation sites is 1. The molecular formula is C13H13N3O3. The molecule has 0 aliphatic carbocycles. The molecular weight excluding hydrogens is 246 g/mol. The van der Waals surface area contributed by atoms with Gasteiger partial charge in [0.05, 0.1) is 0 Å². The SMILES string of the molecule is Cc1cc(NC(=O)C(=O)N(C)c2ccccc2)no1. The molecule has 1 heterocycles. The van der Waals surface area contributed by atoms with Gasteiger partial charge in [0, 0.05) is 18.8 Å². The number of hydrogen-bond acceptors (Lipinski definition) is 4. The highest BCUT2D eigenvalue weighted by Gasteiger charge is 2.20. The van der Waals surface area contributed by atoms with Crippen LogP contribution in [-0.4, -0.2) is 24.0 Å². The number of aromatic nitrogens is 1. The van der Waals surface area contributed by atoms with Crippen LogP contribution < -0.4 is 10.2 Å². The Morgan fingerprint density at radius 2 is 1.95 bits per heavy atom. The van der Waals surface area contributed by atoms with Crippen LogP contribution in [0.15, 0.2) is 40.9 Å². The number of aryl methyl sites for hydroxylation is 1. The van der Waals surface area contributed by atoms with Gasteiger partial charge in [0.15, 0.2) is 5.82 Å². The fourth-order valence-electron chi connectivity index (χ4n) is 1.52. The average molecular weight is 259 g/mol. The molecule has 0 fully saturated rings. The summed E-state index contributed by atoms with van der Waals surface area (Å²) in [5, 5.41) is 5.97. The molecule has 6 nitrogen and oxygen atoms in total. The summed E-state index contributed by atoms with van der Waals surface area (Å²) in [7, 11) is 1.53. The predicted octanol–water partition coefficient (Wildman–Crippen LogP) is 1.58. The van der Waals surface area contributed by atoms with Crippen LogP contribution in [0.2, 0.25) is 0 Å². The Balaban J connectivity index is 2.05. The van der Waals surface area contributed by atoms with Crippen molar-refractivity contribution in [1.82, 2.24) is 5.16 Å². The number of amides is 2. The standard InChI is InChI=1S/C13H13N3O3/c1-9-8-11(15-19-9)14-12(17)13(18)16(2)10-6-4-3-5-7-10/h3-8H,1-2H3,(H,14,15,17). The number of carbonyl (C=O) groups excluding carboxylic acids is 2. The Hall–Kier alpha value is -2.63. The number of nitrogens with one attached hydrogen (secondary N) is 1. The minimum Gasteiger partial charge on any atom is -0.360 e. The summed E-state index contributed by atoms with van der Waals surface area (Å²) in [5.74, 6) is -0.664. The van der Waals surface area contributed by atoms with Gasteiger partial charge in [-0.3, -0.25) is 14.9 Å². The minimum atomic E-state index is -0.764. The quantitative estimate of drug-likeness (QED) is 0.831. The summed E-state index contributed by atoms with van der Waals surface area (Å²) < 4.78 is 4.80. The van der Waals surface area contributed by atoms with Crippen LogP contribution in [0.3, 0.4) is 0 Å². The minimum absolute atomic E-state index is 0.220. The Labute approximate surface area is 110 Å². The highest BCUT2D eigenvalue weighted by Crippen LogP contribution is 2.12. The summed E-state index contributed by atoms with van der Waals surface area (Å²) in [6, 6.07) is 10.4. The molecule has 2 amide bonds. The van der Waals surface area contributed by atoms with E-state index in [4.69, 9.17) is 4.52 Å². The fourth-order valence-corrected chi connectivity index (χ4v) is 1.52. The fraction of sp³-hybridized carbons (Fsp3) is 0.154. The van der Waals surface area contributed by atoms with Gasteiger partial charge in [0.2, 0.25) is 0 Å². The first-order valence-electron chi connectivity index (χ1n) is 5.65. The highest BCUT2D eigenvalue weighted by atomic mass is 16.5. The largest absolute Gasteiger partial charge is 0.360 e. The van der Waals surface area contributed by atoms with Crippen molar-refractivity contribution in [2.45, 2.75) is 6.92 Å². The third kappa shape index (κ3) is 2.98. The van der Waals surface area contributed by atoms with Gasteiger partial charge in [-0.1, -0.05) is 23.4 Å². The van der Waals surface area contributed by atoms with Crippen molar-refractivity contribution in [2.24, 2.45) is 0 Å². The molecule has 0 spiro atoms. The van der Waals surface area contributed by atoms with Crippen molar-refractivity contribution < 1.29 is 14.1 Å². The molecule has 0 aliphatic rings. The maximum Gasteiger partial charge on any atom is 0.316 e. The molecule has 0 saturated carbocycles. The third-order valence-corrected chi connectivity index (χ3v) is 2.51. The molecule has 2 rings (SSSR count). The number of carbonyl (C=O) groups is 2. The van der Waals surface area contributed by atoms with E-state index >= 15 is 0 Å². The first kappa shape index (κ1) is 12.8. The molecule has 98 valence electrons. The zero-order valence-electron chi connectivity index (χ0n) is 10.6. The normalized spacial score (nSPS) is 10.0. The van der Waals surface area contributed by atoms with Crippen molar-refractivity contribution >= 4 is 23.3 Å². The van der Waals surface area contributed by atoms with Gasteiger partial charge in [-0.05, 0) is 19.1 Å². The topological polar surface area (TPSA) is 75.4 Å². The number of hydrogen-bond donors (Lipinski definition) is 1. The van der Waals surface area contributed by atoms with Crippen molar-refractivity contribution in [3.8, 4) is 0 Å². The second-order valence-corrected chi connectivity index (χ2v) is 3.98. The molecule has 1 aromatic carbocycles. The molecule has 0 bridgehead atoms. The Morgan fingerprint density at radius 3 is 2.53 bits per heavy atom. The molecule has 2 aromatic rings. The van der Waals surface area contributed by atoms with Gasteiger partial charge in [0.25, 0.3) is 0 Å². The summed E-state index contributed by atoms with van der Waals surface area (Å²) in [6.45, 7) is 1.70. The maximum absolute atomic E-state index is 11.9. The van der Waals surface area contributed by atoms with Crippen molar-refractivity contribution in [3.05, 3.63) is 42.2 Å². The molecule has 0 radical (unpaired) electrons. The number of benzene rings is 1. The molecule has 0 saturated heterocycles.